The lowest BCUT2D eigenvalue weighted by molar-refractivity contribution is 0.399. The monoisotopic (exact) mass is 287 g/mol. The maximum atomic E-state index is 6.37. The molecule has 2 aromatic rings. The Bertz CT molecular complexity index is 626. The summed E-state index contributed by atoms with van der Waals surface area (Å²) in [5.41, 5.74) is 10.2. The normalized spacial score (nSPS) is 18.1. The van der Waals surface area contributed by atoms with Crippen molar-refractivity contribution in [2.75, 3.05) is 7.11 Å². The number of hydrogen-bond acceptors (Lipinski definition) is 2. The van der Waals surface area contributed by atoms with Crippen LogP contribution in [0.4, 0.5) is 0 Å². The van der Waals surface area contributed by atoms with Gasteiger partial charge in [-0.25, -0.2) is 0 Å². The van der Waals surface area contributed by atoms with Gasteiger partial charge in [0.2, 0.25) is 0 Å². The minimum Gasteiger partial charge on any atom is -0.496 e. The molecule has 1 aliphatic carbocycles. The summed E-state index contributed by atoms with van der Waals surface area (Å²) in [4.78, 5) is 0. The topological polar surface area (TPSA) is 35.2 Å². The number of ether oxygens (including phenoxy) is 1. The molecule has 2 unspecified atom stereocenters. The summed E-state index contributed by atoms with van der Waals surface area (Å²) in [5, 5.41) is 0.699. The highest BCUT2D eigenvalue weighted by Gasteiger charge is 2.28. The van der Waals surface area contributed by atoms with Gasteiger partial charge in [0.25, 0.3) is 0 Å². The minimum absolute atomic E-state index is 0.0537. The largest absolute Gasteiger partial charge is 0.496 e. The van der Waals surface area contributed by atoms with Gasteiger partial charge in [0.1, 0.15) is 5.75 Å². The second kappa shape index (κ2) is 5.47. The zero-order chi connectivity index (χ0) is 14.1. The molecule has 2 nitrogen and oxygen atoms in total. The molecule has 0 fully saturated rings. The summed E-state index contributed by atoms with van der Waals surface area (Å²) >= 11 is 6.07. The summed E-state index contributed by atoms with van der Waals surface area (Å²) in [5.74, 6) is 1.36. The lowest BCUT2D eigenvalue weighted by Gasteiger charge is -2.32. The quantitative estimate of drug-likeness (QED) is 0.920. The first-order valence-electron chi connectivity index (χ1n) is 6.86. The maximum absolute atomic E-state index is 6.37. The number of methoxy groups -OCH3 is 1. The van der Waals surface area contributed by atoms with E-state index in [1.54, 1.807) is 7.11 Å². The van der Waals surface area contributed by atoms with Crippen LogP contribution in [-0.2, 0) is 6.42 Å². The highest BCUT2D eigenvalue weighted by molar-refractivity contribution is 6.30. The molecule has 2 aromatic carbocycles. The standard InChI is InChI=1S/C17H18ClNO/c1-20-17-7-6-13(18)10-15(17)16(19)9-12-8-11-4-2-3-5-14(11)12/h2-7,10,12,16H,8-9,19H2,1H3. The Balaban J connectivity index is 1.78. The van der Waals surface area contributed by atoms with Crippen LogP contribution in [0.15, 0.2) is 42.5 Å². The number of halogens is 1. The molecule has 2 atom stereocenters. The van der Waals surface area contributed by atoms with Gasteiger partial charge in [-0.3, -0.25) is 0 Å². The predicted molar refractivity (Wildman–Crippen MR) is 82.4 cm³/mol. The molecule has 0 aromatic heterocycles. The van der Waals surface area contributed by atoms with Gasteiger partial charge in [-0.2, -0.15) is 0 Å². The molecule has 0 aliphatic heterocycles. The van der Waals surface area contributed by atoms with E-state index in [9.17, 15) is 0 Å². The Labute approximate surface area is 124 Å². The SMILES string of the molecule is COc1ccc(Cl)cc1C(N)CC1Cc2ccccc21. The van der Waals surface area contributed by atoms with E-state index in [-0.39, 0.29) is 6.04 Å². The van der Waals surface area contributed by atoms with Crippen LogP contribution in [0.3, 0.4) is 0 Å². The molecule has 0 amide bonds. The van der Waals surface area contributed by atoms with Gasteiger partial charge in [-0.05, 0) is 48.1 Å². The lowest BCUT2D eigenvalue weighted by Crippen LogP contribution is -2.23. The number of rotatable bonds is 4. The van der Waals surface area contributed by atoms with Crippen LogP contribution in [-0.4, -0.2) is 7.11 Å². The minimum atomic E-state index is -0.0537. The van der Waals surface area contributed by atoms with Gasteiger partial charge in [0.05, 0.1) is 7.11 Å². The van der Waals surface area contributed by atoms with Crippen molar-refractivity contribution in [1.82, 2.24) is 0 Å². The second-order valence-corrected chi connectivity index (χ2v) is 5.76. The fourth-order valence-electron chi connectivity index (χ4n) is 3.00. The third-order valence-corrected chi connectivity index (χ3v) is 4.33. The number of nitrogens with two attached hydrogens (primary N) is 1. The average molecular weight is 288 g/mol. The smallest absolute Gasteiger partial charge is 0.123 e. The van der Waals surface area contributed by atoms with Gasteiger partial charge in [0, 0.05) is 16.6 Å². The zero-order valence-electron chi connectivity index (χ0n) is 11.5. The van der Waals surface area contributed by atoms with Crippen LogP contribution in [0.5, 0.6) is 5.75 Å². The van der Waals surface area contributed by atoms with E-state index < -0.39 is 0 Å². The van der Waals surface area contributed by atoms with Crippen LogP contribution in [0.1, 0.15) is 35.1 Å². The van der Waals surface area contributed by atoms with Crippen LogP contribution in [0, 0.1) is 0 Å². The molecule has 0 radical (unpaired) electrons. The highest BCUT2D eigenvalue weighted by atomic mass is 35.5. The highest BCUT2D eigenvalue weighted by Crippen LogP contribution is 2.41. The Morgan fingerprint density at radius 3 is 2.85 bits per heavy atom. The van der Waals surface area contributed by atoms with Crippen LogP contribution in [0.2, 0.25) is 5.02 Å². The molecule has 0 heterocycles. The average Bonchev–Trinajstić information content (AvgIpc) is 2.44. The first-order chi connectivity index (χ1) is 9.69. The van der Waals surface area contributed by atoms with Crippen LogP contribution < -0.4 is 10.5 Å². The summed E-state index contributed by atoms with van der Waals surface area (Å²) in [6.45, 7) is 0. The van der Waals surface area contributed by atoms with Crippen molar-refractivity contribution in [2.45, 2.75) is 24.8 Å². The summed E-state index contributed by atoms with van der Waals surface area (Å²) in [7, 11) is 1.66. The number of hydrogen-bond donors (Lipinski definition) is 1. The van der Waals surface area contributed by atoms with E-state index in [2.05, 4.69) is 24.3 Å². The van der Waals surface area contributed by atoms with Crippen molar-refractivity contribution in [3.8, 4) is 5.75 Å². The van der Waals surface area contributed by atoms with Gasteiger partial charge in [0.15, 0.2) is 0 Å². The summed E-state index contributed by atoms with van der Waals surface area (Å²) in [6.07, 6.45) is 2.04. The molecule has 3 rings (SSSR count). The van der Waals surface area contributed by atoms with Gasteiger partial charge in [-0.1, -0.05) is 35.9 Å². The van der Waals surface area contributed by atoms with Crippen molar-refractivity contribution < 1.29 is 4.74 Å². The van der Waals surface area contributed by atoms with Crippen LogP contribution >= 0.6 is 11.6 Å². The fourth-order valence-corrected chi connectivity index (χ4v) is 3.18. The van der Waals surface area contributed by atoms with Crippen LogP contribution in [0.25, 0.3) is 0 Å². The Morgan fingerprint density at radius 1 is 1.30 bits per heavy atom. The Morgan fingerprint density at radius 2 is 2.10 bits per heavy atom. The molecule has 0 saturated carbocycles. The Hall–Kier alpha value is -1.51. The first-order valence-corrected chi connectivity index (χ1v) is 7.23. The number of fused-ring (bicyclic) bond motifs is 1. The van der Waals surface area contributed by atoms with E-state index in [0.717, 1.165) is 24.2 Å². The van der Waals surface area contributed by atoms with E-state index in [4.69, 9.17) is 22.1 Å². The third-order valence-electron chi connectivity index (χ3n) is 4.09. The number of benzene rings is 2. The van der Waals surface area contributed by atoms with E-state index in [1.807, 2.05) is 18.2 Å². The van der Waals surface area contributed by atoms with Crippen molar-refractivity contribution in [3.05, 3.63) is 64.2 Å². The Kier molecular flexibility index (Phi) is 3.68. The van der Waals surface area contributed by atoms with E-state index in [1.165, 1.54) is 11.1 Å². The van der Waals surface area contributed by atoms with Gasteiger partial charge in [-0.15, -0.1) is 0 Å². The molecular formula is C17H18ClNO. The molecular weight excluding hydrogens is 270 g/mol. The molecule has 1 aliphatic rings. The van der Waals surface area contributed by atoms with Crippen molar-refractivity contribution >= 4 is 11.6 Å². The fraction of sp³-hybridized carbons (Fsp3) is 0.294. The van der Waals surface area contributed by atoms with E-state index >= 15 is 0 Å². The molecule has 0 saturated heterocycles. The first kappa shape index (κ1) is 13.5. The lowest BCUT2D eigenvalue weighted by atomic mass is 9.74. The molecule has 2 N–H and O–H groups in total. The summed E-state index contributed by atoms with van der Waals surface area (Å²) < 4.78 is 5.39. The summed E-state index contributed by atoms with van der Waals surface area (Å²) in [6, 6.07) is 14.1. The van der Waals surface area contributed by atoms with Crippen molar-refractivity contribution in [1.29, 1.82) is 0 Å². The molecule has 0 spiro atoms. The van der Waals surface area contributed by atoms with Crippen molar-refractivity contribution in [2.24, 2.45) is 5.73 Å². The third kappa shape index (κ3) is 2.41. The molecule has 0 bridgehead atoms. The predicted octanol–water partition coefficient (Wildman–Crippen LogP) is 4.08. The van der Waals surface area contributed by atoms with Crippen molar-refractivity contribution in [3.63, 3.8) is 0 Å². The molecule has 3 heteroatoms. The van der Waals surface area contributed by atoms with E-state index in [0.29, 0.717) is 10.9 Å². The van der Waals surface area contributed by atoms with Gasteiger partial charge >= 0.3 is 0 Å². The molecule has 20 heavy (non-hydrogen) atoms. The maximum Gasteiger partial charge on any atom is 0.123 e. The zero-order valence-corrected chi connectivity index (χ0v) is 12.2. The second-order valence-electron chi connectivity index (χ2n) is 5.33. The molecule has 104 valence electrons. The van der Waals surface area contributed by atoms with Gasteiger partial charge < -0.3 is 10.5 Å².